The molecule has 2 amide bonds. The minimum Gasteiger partial charge on any atom is -0.497 e. The van der Waals surface area contributed by atoms with Gasteiger partial charge >= 0.3 is 0 Å². The molecule has 0 aromatic heterocycles. The van der Waals surface area contributed by atoms with Gasteiger partial charge in [0.15, 0.2) is 0 Å². The predicted octanol–water partition coefficient (Wildman–Crippen LogP) is 4.47. The number of nitrogens with one attached hydrogen (secondary N) is 1. The first-order chi connectivity index (χ1) is 19.7. The van der Waals surface area contributed by atoms with Crippen LogP contribution in [0.25, 0.3) is 0 Å². The number of sulfonamides is 1. The second-order valence-corrected chi connectivity index (χ2v) is 12.5. The zero-order chi connectivity index (χ0) is 29.4. The number of ether oxygens (including phenoxy) is 1. The van der Waals surface area contributed by atoms with Crippen LogP contribution in [-0.4, -0.2) is 57.1 Å². The van der Waals surface area contributed by atoms with Crippen LogP contribution in [0, 0.1) is 6.92 Å². The Bertz CT molecular complexity index is 1420. The standard InChI is InChI=1S/C32H39N3O5S/c1-24-11-7-8-14-26(24)22-34(31(36)23-35(41(3,38)39)28-17-19-29(40-2)20-18-28)30(21-25-12-5-4-6-13-25)32(37)33-27-15-9-10-16-27/h4-8,11-14,17-20,27,30H,9-10,15-16,21-23H2,1-3H3,(H,33,37). The maximum atomic E-state index is 14.2. The van der Waals surface area contributed by atoms with E-state index in [0.29, 0.717) is 17.9 Å². The molecule has 0 heterocycles. The van der Waals surface area contributed by atoms with E-state index in [4.69, 9.17) is 4.74 Å². The lowest BCUT2D eigenvalue weighted by atomic mass is 10.0. The van der Waals surface area contributed by atoms with Crippen molar-refractivity contribution >= 4 is 27.5 Å². The van der Waals surface area contributed by atoms with Crippen LogP contribution in [0.3, 0.4) is 0 Å². The largest absolute Gasteiger partial charge is 0.497 e. The molecule has 41 heavy (non-hydrogen) atoms. The monoisotopic (exact) mass is 577 g/mol. The van der Waals surface area contributed by atoms with E-state index < -0.39 is 28.5 Å². The van der Waals surface area contributed by atoms with E-state index >= 15 is 0 Å². The van der Waals surface area contributed by atoms with Crippen LogP contribution in [0.5, 0.6) is 5.75 Å². The van der Waals surface area contributed by atoms with E-state index in [1.54, 1.807) is 29.2 Å². The van der Waals surface area contributed by atoms with Crippen LogP contribution in [0.2, 0.25) is 0 Å². The van der Waals surface area contributed by atoms with E-state index in [-0.39, 0.29) is 18.5 Å². The van der Waals surface area contributed by atoms with Crippen molar-refractivity contribution in [2.45, 2.75) is 57.7 Å². The van der Waals surface area contributed by atoms with Gasteiger partial charge in [-0.15, -0.1) is 0 Å². The first-order valence-corrected chi connectivity index (χ1v) is 15.8. The van der Waals surface area contributed by atoms with E-state index in [0.717, 1.165) is 52.9 Å². The molecular weight excluding hydrogens is 538 g/mol. The van der Waals surface area contributed by atoms with Crippen molar-refractivity contribution < 1.29 is 22.7 Å². The lowest BCUT2D eigenvalue weighted by molar-refractivity contribution is -0.140. The molecule has 0 spiro atoms. The average molecular weight is 578 g/mol. The van der Waals surface area contributed by atoms with Crippen LogP contribution < -0.4 is 14.4 Å². The van der Waals surface area contributed by atoms with E-state index in [9.17, 15) is 18.0 Å². The first-order valence-electron chi connectivity index (χ1n) is 14.0. The summed E-state index contributed by atoms with van der Waals surface area (Å²) in [5, 5.41) is 3.18. The third kappa shape index (κ3) is 8.10. The zero-order valence-electron chi connectivity index (χ0n) is 24.0. The summed E-state index contributed by atoms with van der Waals surface area (Å²) in [6.07, 6.45) is 5.32. The third-order valence-corrected chi connectivity index (χ3v) is 8.75. The lowest BCUT2D eigenvalue weighted by Gasteiger charge is -2.34. The number of anilines is 1. The molecule has 1 aliphatic rings. The van der Waals surface area contributed by atoms with E-state index in [2.05, 4.69) is 5.32 Å². The molecule has 0 radical (unpaired) electrons. The van der Waals surface area contributed by atoms with Gasteiger partial charge < -0.3 is 15.0 Å². The van der Waals surface area contributed by atoms with Crippen molar-refractivity contribution in [3.8, 4) is 5.75 Å². The summed E-state index contributed by atoms with van der Waals surface area (Å²) in [6.45, 7) is 1.68. The lowest BCUT2D eigenvalue weighted by Crippen LogP contribution is -2.54. The number of hydrogen-bond donors (Lipinski definition) is 1. The predicted molar refractivity (Wildman–Crippen MR) is 161 cm³/mol. The van der Waals surface area contributed by atoms with Crippen LogP contribution in [0.15, 0.2) is 78.9 Å². The molecule has 1 fully saturated rings. The number of hydrogen-bond acceptors (Lipinski definition) is 5. The van der Waals surface area contributed by atoms with Crippen molar-refractivity contribution in [1.82, 2.24) is 10.2 Å². The van der Waals surface area contributed by atoms with Crippen molar-refractivity contribution in [3.63, 3.8) is 0 Å². The molecule has 0 saturated heterocycles. The Balaban J connectivity index is 1.72. The van der Waals surface area contributed by atoms with Gasteiger partial charge in [0, 0.05) is 19.0 Å². The van der Waals surface area contributed by atoms with E-state index in [1.165, 1.54) is 7.11 Å². The molecule has 218 valence electrons. The molecule has 0 bridgehead atoms. The number of rotatable bonds is 12. The highest BCUT2D eigenvalue weighted by molar-refractivity contribution is 7.92. The summed E-state index contributed by atoms with van der Waals surface area (Å²) < 4.78 is 32.1. The van der Waals surface area contributed by atoms with Crippen molar-refractivity contribution in [2.75, 3.05) is 24.2 Å². The fourth-order valence-electron chi connectivity index (χ4n) is 5.25. The maximum Gasteiger partial charge on any atom is 0.244 e. The molecule has 3 aromatic carbocycles. The van der Waals surface area contributed by atoms with E-state index in [1.807, 2.05) is 61.5 Å². The average Bonchev–Trinajstić information content (AvgIpc) is 3.47. The topological polar surface area (TPSA) is 96.0 Å². The van der Waals surface area contributed by atoms with Crippen LogP contribution in [0.4, 0.5) is 5.69 Å². The molecular formula is C32H39N3O5S. The minimum atomic E-state index is -3.83. The van der Waals surface area contributed by atoms with Gasteiger partial charge in [0.1, 0.15) is 18.3 Å². The van der Waals surface area contributed by atoms with Gasteiger partial charge in [0.05, 0.1) is 19.1 Å². The second kappa shape index (κ2) is 13.7. The molecule has 1 atom stereocenters. The van der Waals surface area contributed by atoms with Gasteiger partial charge in [0.2, 0.25) is 21.8 Å². The summed E-state index contributed by atoms with van der Waals surface area (Å²) in [4.78, 5) is 29.6. The van der Waals surface area contributed by atoms with Gasteiger partial charge in [0.25, 0.3) is 0 Å². The molecule has 1 N–H and O–H groups in total. The maximum absolute atomic E-state index is 14.2. The summed E-state index contributed by atoms with van der Waals surface area (Å²) in [5.74, 6) is -0.115. The highest BCUT2D eigenvalue weighted by Gasteiger charge is 2.34. The molecule has 1 unspecified atom stereocenters. The smallest absolute Gasteiger partial charge is 0.244 e. The van der Waals surface area contributed by atoms with Crippen molar-refractivity contribution in [2.24, 2.45) is 0 Å². The summed E-state index contributed by atoms with van der Waals surface area (Å²) in [7, 11) is -2.30. The van der Waals surface area contributed by atoms with Crippen molar-refractivity contribution in [3.05, 3.63) is 95.6 Å². The number of carbonyl (C=O) groups excluding carboxylic acids is 2. The molecule has 0 aliphatic heterocycles. The minimum absolute atomic E-state index is 0.0722. The summed E-state index contributed by atoms with van der Waals surface area (Å²) >= 11 is 0. The van der Waals surface area contributed by atoms with Crippen LogP contribution >= 0.6 is 0 Å². The van der Waals surface area contributed by atoms with Gasteiger partial charge in [-0.25, -0.2) is 8.42 Å². The zero-order valence-corrected chi connectivity index (χ0v) is 24.8. The first kappa shape index (κ1) is 30.1. The Morgan fingerprint density at radius 1 is 0.951 bits per heavy atom. The number of amides is 2. The second-order valence-electron chi connectivity index (χ2n) is 10.6. The normalized spacial score (nSPS) is 14.3. The Morgan fingerprint density at radius 2 is 1.59 bits per heavy atom. The van der Waals surface area contributed by atoms with Gasteiger partial charge in [-0.3, -0.25) is 13.9 Å². The van der Waals surface area contributed by atoms with Gasteiger partial charge in [-0.05, 0) is 60.7 Å². The fourth-order valence-corrected chi connectivity index (χ4v) is 6.10. The van der Waals surface area contributed by atoms with Crippen LogP contribution in [-0.2, 0) is 32.6 Å². The molecule has 3 aromatic rings. The Morgan fingerprint density at radius 3 is 2.20 bits per heavy atom. The SMILES string of the molecule is COc1ccc(N(CC(=O)N(Cc2ccccc2C)C(Cc2ccccc2)C(=O)NC2CCCC2)S(C)(=O)=O)cc1. The molecule has 1 aliphatic carbocycles. The van der Waals surface area contributed by atoms with Gasteiger partial charge in [-0.2, -0.15) is 0 Å². The van der Waals surface area contributed by atoms with Gasteiger partial charge in [-0.1, -0.05) is 67.4 Å². The number of benzene rings is 3. The quantitative estimate of drug-likeness (QED) is 0.343. The Kier molecular flexibility index (Phi) is 10.0. The third-order valence-electron chi connectivity index (χ3n) is 7.61. The molecule has 4 rings (SSSR count). The number of methoxy groups -OCH3 is 1. The summed E-state index contributed by atoms with van der Waals surface area (Å²) in [5.41, 5.74) is 3.13. The summed E-state index contributed by atoms with van der Waals surface area (Å²) in [6, 6.07) is 23.1. The molecule has 8 nitrogen and oxygen atoms in total. The van der Waals surface area contributed by atoms with Crippen molar-refractivity contribution in [1.29, 1.82) is 0 Å². The fraction of sp³-hybridized carbons (Fsp3) is 0.375. The highest BCUT2D eigenvalue weighted by Crippen LogP contribution is 2.24. The Labute approximate surface area is 243 Å². The molecule has 1 saturated carbocycles. The number of nitrogens with zero attached hydrogens (tertiary/aromatic N) is 2. The Hall–Kier alpha value is -3.85. The van der Waals surface area contributed by atoms with Crippen LogP contribution in [0.1, 0.15) is 42.4 Å². The molecule has 9 heteroatoms. The number of carbonyl (C=O) groups is 2. The number of aryl methyl sites for hydroxylation is 1. The highest BCUT2D eigenvalue weighted by atomic mass is 32.2.